The van der Waals surface area contributed by atoms with Crippen molar-refractivity contribution in [1.82, 2.24) is 4.90 Å². The number of carboxylic acids is 1. The van der Waals surface area contributed by atoms with E-state index in [0.29, 0.717) is 19.4 Å². The van der Waals surface area contributed by atoms with Crippen molar-refractivity contribution >= 4 is 5.97 Å². The van der Waals surface area contributed by atoms with E-state index in [1.807, 2.05) is 48.5 Å². The van der Waals surface area contributed by atoms with Crippen LogP contribution in [0.3, 0.4) is 0 Å². The number of ether oxygens (including phenoxy) is 2. The van der Waals surface area contributed by atoms with E-state index < -0.39 is 5.97 Å². The molecule has 0 aromatic heterocycles. The van der Waals surface area contributed by atoms with Crippen molar-refractivity contribution < 1.29 is 19.4 Å². The van der Waals surface area contributed by atoms with Crippen molar-refractivity contribution in [3.8, 4) is 11.5 Å². The van der Waals surface area contributed by atoms with Crippen LogP contribution in [0.4, 0.5) is 0 Å². The molecule has 5 heteroatoms. The molecular weight excluding hydrogens is 402 g/mol. The van der Waals surface area contributed by atoms with Crippen LogP contribution in [-0.4, -0.2) is 36.2 Å². The third-order valence-electron chi connectivity index (χ3n) is 6.13. The van der Waals surface area contributed by atoms with E-state index >= 15 is 0 Å². The Morgan fingerprint density at radius 3 is 2.28 bits per heavy atom. The number of methoxy groups -OCH3 is 1. The molecular formula is C27H29NO4. The summed E-state index contributed by atoms with van der Waals surface area (Å²) in [6.07, 6.45) is 1.30. The Bertz CT molecular complexity index is 1010. The van der Waals surface area contributed by atoms with E-state index in [1.165, 1.54) is 0 Å². The summed E-state index contributed by atoms with van der Waals surface area (Å²) in [6.45, 7) is 1.94. The first kappa shape index (κ1) is 21.9. The van der Waals surface area contributed by atoms with Crippen LogP contribution < -0.4 is 9.47 Å². The van der Waals surface area contributed by atoms with Gasteiger partial charge in [0.1, 0.15) is 18.1 Å². The fourth-order valence-corrected chi connectivity index (χ4v) is 4.35. The molecule has 32 heavy (non-hydrogen) atoms. The molecule has 1 atom stereocenters. The number of rotatable bonds is 8. The van der Waals surface area contributed by atoms with Crippen LogP contribution in [0.25, 0.3) is 0 Å². The van der Waals surface area contributed by atoms with Gasteiger partial charge in [-0.25, -0.2) is 0 Å². The van der Waals surface area contributed by atoms with Gasteiger partial charge in [-0.3, -0.25) is 9.69 Å². The molecule has 3 aromatic rings. The lowest BCUT2D eigenvalue weighted by molar-refractivity contribution is -0.143. The van der Waals surface area contributed by atoms with Gasteiger partial charge in [-0.15, -0.1) is 0 Å². The lowest BCUT2D eigenvalue weighted by atomic mass is 9.91. The second-order valence-corrected chi connectivity index (χ2v) is 8.14. The number of benzene rings is 3. The Hall–Kier alpha value is -3.31. The minimum absolute atomic E-state index is 0.0253. The number of carboxylic acid groups (broad SMARTS) is 1. The molecule has 5 nitrogen and oxygen atoms in total. The molecule has 0 bridgehead atoms. The lowest BCUT2D eigenvalue weighted by Gasteiger charge is -2.37. The quantitative estimate of drug-likeness (QED) is 0.534. The summed E-state index contributed by atoms with van der Waals surface area (Å²) in [5.74, 6) is 0.688. The van der Waals surface area contributed by atoms with Crippen LogP contribution in [0.2, 0.25) is 0 Å². The second-order valence-electron chi connectivity index (χ2n) is 8.14. The van der Waals surface area contributed by atoms with Gasteiger partial charge in [-0.1, -0.05) is 60.7 Å². The van der Waals surface area contributed by atoms with Crippen LogP contribution >= 0.6 is 0 Å². The molecule has 1 saturated heterocycles. The normalized spacial score (nSPS) is 15.8. The van der Waals surface area contributed by atoms with E-state index in [4.69, 9.17) is 9.47 Å². The van der Waals surface area contributed by atoms with Crippen molar-refractivity contribution in [2.75, 3.05) is 20.2 Å². The highest BCUT2D eigenvalue weighted by Crippen LogP contribution is 2.38. The zero-order valence-electron chi connectivity index (χ0n) is 18.3. The van der Waals surface area contributed by atoms with Crippen LogP contribution in [0.5, 0.6) is 11.5 Å². The predicted octanol–water partition coefficient (Wildman–Crippen LogP) is 5.16. The SMILES string of the molecule is COc1ccc(C(c2ccccc2OCc2ccccc2)N2CCC(C(=O)O)CC2)cc1. The number of carbonyl (C=O) groups is 1. The van der Waals surface area contributed by atoms with Crippen LogP contribution in [0.15, 0.2) is 78.9 Å². The largest absolute Gasteiger partial charge is 0.497 e. The molecule has 0 amide bonds. The molecule has 0 saturated carbocycles. The van der Waals surface area contributed by atoms with Gasteiger partial charge in [0.2, 0.25) is 0 Å². The molecule has 0 radical (unpaired) electrons. The topological polar surface area (TPSA) is 59.0 Å². The standard InChI is InChI=1S/C27H29NO4/c1-31-23-13-11-21(12-14-23)26(28-17-15-22(16-18-28)27(29)30)24-9-5-6-10-25(24)32-19-20-7-3-2-4-8-20/h2-14,22,26H,15-19H2,1H3,(H,29,30). The van der Waals surface area contributed by atoms with Crippen molar-refractivity contribution in [2.45, 2.75) is 25.5 Å². The number of likely N-dealkylation sites (tertiary alicyclic amines) is 1. The second kappa shape index (κ2) is 10.3. The van der Waals surface area contributed by atoms with Crippen molar-refractivity contribution in [3.63, 3.8) is 0 Å². The third-order valence-corrected chi connectivity index (χ3v) is 6.13. The summed E-state index contributed by atoms with van der Waals surface area (Å²) in [5, 5.41) is 9.42. The highest BCUT2D eigenvalue weighted by molar-refractivity contribution is 5.70. The number of piperidine rings is 1. The molecule has 0 spiro atoms. The maximum atomic E-state index is 11.5. The van der Waals surface area contributed by atoms with Gasteiger partial charge in [-0.05, 0) is 55.3 Å². The Morgan fingerprint density at radius 2 is 1.62 bits per heavy atom. The first-order valence-electron chi connectivity index (χ1n) is 11.0. The summed E-state index contributed by atoms with van der Waals surface area (Å²) in [7, 11) is 1.66. The van der Waals surface area contributed by atoms with E-state index in [1.54, 1.807) is 7.11 Å². The van der Waals surface area contributed by atoms with E-state index in [2.05, 4.69) is 35.2 Å². The van der Waals surface area contributed by atoms with E-state index in [0.717, 1.165) is 41.3 Å². The molecule has 4 rings (SSSR count). The summed E-state index contributed by atoms with van der Waals surface area (Å²) in [4.78, 5) is 13.8. The zero-order valence-corrected chi connectivity index (χ0v) is 18.3. The highest BCUT2D eigenvalue weighted by Gasteiger charge is 2.31. The lowest BCUT2D eigenvalue weighted by Crippen LogP contribution is -2.39. The maximum Gasteiger partial charge on any atom is 0.306 e. The van der Waals surface area contributed by atoms with Crippen molar-refractivity contribution in [3.05, 3.63) is 95.6 Å². The third kappa shape index (κ3) is 5.11. The monoisotopic (exact) mass is 431 g/mol. The Morgan fingerprint density at radius 1 is 0.969 bits per heavy atom. The van der Waals surface area contributed by atoms with Gasteiger partial charge < -0.3 is 14.6 Å². The molecule has 1 N–H and O–H groups in total. The number of para-hydroxylation sites is 1. The number of hydrogen-bond donors (Lipinski definition) is 1. The van der Waals surface area contributed by atoms with Gasteiger partial charge in [0.25, 0.3) is 0 Å². The number of nitrogens with zero attached hydrogens (tertiary/aromatic N) is 1. The predicted molar refractivity (Wildman–Crippen MR) is 124 cm³/mol. The Kier molecular flexibility index (Phi) is 7.07. The minimum atomic E-state index is -0.697. The van der Waals surface area contributed by atoms with Crippen molar-refractivity contribution in [2.24, 2.45) is 5.92 Å². The first-order valence-corrected chi connectivity index (χ1v) is 11.0. The summed E-state index contributed by atoms with van der Waals surface area (Å²) in [6, 6.07) is 26.4. The summed E-state index contributed by atoms with van der Waals surface area (Å²) < 4.78 is 11.6. The van der Waals surface area contributed by atoms with Crippen LogP contribution in [-0.2, 0) is 11.4 Å². The smallest absolute Gasteiger partial charge is 0.306 e. The molecule has 3 aromatic carbocycles. The number of aliphatic carboxylic acids is 1. The van der Waals surface area contributed by atoms with Crippen molar-refractivity contribution in [1.29, 1.82) is 0 Å². The van der Waals surface area contributed by atoms with Gasteiger partial charge in [0.15, 0.2) is 0 Å². The minimum Gasteiger partial charge on any atom is -0.497 e. The van der Waals surface area contributed by atoms with Gasteiger partial charge in [-0.2, -0.15) is 0 Å². The van der Waals surface area contributed by atoms with Gasteiger partial charge in [0.05, 0.1) is 19.1 Å². The Balaban J connectivity index is 1.64. The molecule has 0 aliphatic carbocycles. The molecule has 1 fully saturated rings. The molecule has 166 valence electrons. The average Bonchev–Trinajstić information content (AvgIpc) is 2.85. The first-order chi connectivity index (χ1) is 15.7. The molecule has 1 heterocycles. The van der Waals surface area contributed by atoms with E-state index in [9.17, 15) is 9.90 Å². The zero-order chi connectivity index (χ0) is 22.3. The summed E-state index contributed by atoms with van der Waals surface area (Å²) in [5.41, 5.74) is 3.34. The Labute approximate surface area is 189 Å². The fourth-order valence-electron chi connectivity index (χ4n) is 4.35. The van der Waals surface area contributed by atoms with E-state index in [-0.39, 0.29) is 12.0 Å². The van der Waals surface area contributed by atoms with Crippen LogP contribution in [0.1, 0.15) is 35.6 Å². The molecule has 1 aliphatic heterocycles. The fraction of sp³-hybridized carbons (Fsp3) is 0.296. The summed E-state index contributed by atoms with van der Waals surface area (Å²) >= 11 is 0. The van der Waals surface area contributed by atoms with Gasteiger partial charge in [0, 0.05) is 5.56 Å². The molecule has 1 aliphatic rings. The maximum absolute atomic E-state index is 11.5. The van der Waals surface area contributed by atoms with Gasteiger partial charge >= 0.3 is 5.97 Å². The highest BCUT2D eigenvalue weighted by atomic mass is 16.5. The molecule has 1 unspecified atom stereocenters. The van der Waals surface area contributed by atoms with Crippen LogP contribution in [0, 0.1) is 5.92 Å². The average molecular weight is 432 g/mol. The number of hydrogen-bond acceptors (Lipinski definition) is 4.